The van der Waals surface area contributed by atoms with Gasteiger partial charge in [0.15, 0.2) is 12.3 Å². The van der Waals surface area contributed by atoms with E-state index in [2.05, 4.69) is 10.2 Å². The molecule has 7 heteroatoms. The second kappa shape index (κ2) is 8.24. The number of likely N-dealkylation sites (N-methyl/N-ethyl adjacent to an activating group) is 1. The number of ether oxygens (including phenoxy) is 1. The van der Waals surface area contributed by atoms with Crippen molar-refractivity contribution < 1.29 is 14.3 Å². The fraction of sp³-hybridized carbons (Fsp3) is 0.412. The molecule has 1 heterocycles. The molecule has 0 spiro atoms. The van der Waals surface area contributed by atoms with E-state index in [-0.39, 0.29) is 23.8 Å². The van der Waals surface area contributed by atoms with Gasteiger partial charge in [-0.25, -0.2) is 9.89 Å². The summed E-state index contributed by atoms with van der Waals surface area (Å²) in [4.78, 5) is 37.7. The zero-order chi connectivity index (χ0) is 17.5. The molecule has 0 aliphatic carbocycles. The van der Waals surface area contributed by atoms with Gasteiger partial charge in [0.25, 0.3) is 11.5 Å². The molecule has 1 N–H and O–H groups in total. The van der Waals surface area contributed by atoms with Crippen LogP contribution in [0.1, 0.15) is 37.2 Å². The Balaban J connectivity index is 2.09. The SMILES string of the molecule is CCCCN(CC)C(=O)COC(=O)c1n[nH]c(=O)c2ccccc12. The molecule has 0 fully saturated rings. The third-order valence-electron chi connectivity index (χ3n) is 3.73. The third-order valence-corrected chi connectivity index (χ3v) is 3.73. The largest absolute Gasteiger partial charge is 0.451 e. The average molecular weight is 331 g/mol. The van der Waals surface area contributed by atoms with Crippen LogP contribution in [-0.2, 0) is 9.53 Å². The smallest absolute Gasteiger partial charge is 0.359 e. The second-order valence-electron chi connectivity index (χ2n) is 5.35. The van der Waals surface area contributed by atoms with Crippen molar-refractivity contribution in [3.05, 3.63) is 40.3 Å². The molecule has 0 aliphatic heterocycles. The second-order valence-corrected chi connectivity index (χ2v) is 5.35. The molecule has 1 amide bonds. The van der Waals surface area contributed by atoms with Gasteiger partial charge in [-0.2, -0.15) is 5.10 Å². The molecule has 0 unspecified atom stereocenters. The number of hydrogen-bond donors (Lipinski definition) is 1. The quantitative estimate of drug-likeness (QED) is 0.780. The summed E-state index contributed by atoms with van der Waals surface area (Å²) in [5.74, 6) is -0.977. The molecule has 7 nitrogen and oxygen atoms in total. The topological polar surface area (TPSA) is 92.4 Å². The number of benzene rings is 1. The van der Waals surface area contributed by atoms with Gasteiger partial charge in [0, 0.05) is 18.5 Å². The number of unbranched alkanes of at least 4 members (excludes halogenated alkanes) is 1. The summed E-state index contributed by atoms with van der Waals surface area (Å²) in [5.41, 5.74) is -0.385. The van der Waals surface area contributed by atoms with E-state index in [0.717, 1.165) is 12.8 Å². The molecule has 0 saturated carbocycles. The first-order chi connectivity index (χ1) is 11.6. The Bertz CT molecular complexity index is 785. The van der Waals surface area contributed by atoms with Crippen LogP contribution in [-0.4, -0.2) is 46.7 Å². The van der Waals surface area contributed by atoms with E-state index in [9.17, 15) is 14.4 Å². The highest BCUT2D eigenvalue weighted by atomic mass is 16.5. The molecular formula is C17H21N3O4. The van der Waals surface area contributed by atoms with E-state index >= 15 is 0 Å². The number of rotatable bonds is 7. The van der Waals surface area contributed by atoms with Gasteiger partial charge in [-0.15, -0.1) is 0 Å². The maximum absolute atomic E-state index is 12.2. The fourth-order valence-corrected chi connectivity index (χ4v) is 2.37. The van der Waals surface area contributed by atoms with E-state index in [1.165, 1.54) is 0 Å². The summed E-state index contributed by atoms with van der Waals surface area (Å²) in [5, 5.41) is 6.78. The van der Waals surface area contributed by atoms with Crippen molar-refractivity contribution in [2.75, 3.05) is 19.7 Å². The van der Waals surface area contributed by atoms with Gasteiger partial charge >= 0.3 is 5.97 Å². The number of hydrogen-bond acceptors (Lipinski definition) is 5. The predicted octanol–water partition coefficient (Wildman–Crippen LogP) is 1.73. The van der Waals surface area contributed by atoms with Crippen molar-refractivity contribution in [2.45, 2.75) is 26.7 Å². The Morgan fingerprint density at radius 3 is 2.58 bits per heavy atom. The van der Waals surface area contributed by atoms with Crippen molar-refractivity contribution in [1.82, 2.24) is 15.1 Å². The van der Waals surface area contributed by atoms with Crippen LogP contribution < -0.4 is 5.56 Å². The highest BCUT2D eigenvalue weighted by Gasteiger charge is 2.18. The zero-order valence-corrected chi connectivity index (χ0v) is 13.9. The number of aromatic nitrogens is 2. The molecule has 0 radical (unpaired) electrons. The Morgan fingerprint density at radius 1 is 1.21 bits per heavy atom. The summed E-state index contributed by atoms with van der Waals surface area (Å²) in [6.45, 7) is 4.79. The molecule has 24 heavy (non-hydrogen) atoms. The minimum atomic E-state index is -0.734. The van der Waals surface area contributed by atoms with E-state index in [4.69, 9.17) is 4.74 Å². The Kier molecular flexibility index (Phi) is 6.06. The molecule has 128 valence electrons. The molecule has 0 saturated heterocycles. The molecular weight excluding hydrogens is 310 g/mol. The number of nitrogens with one attached hydrogen (secondary N) is 1. The van der Waals surface area contributed by atoms with Gasteiger partial charge in [0.2, 0.25) is 0 Å². The number of amides is 1. The first-order valence-electron chi connectivity index (χ1n) is 8.00. The number of carbonyl (C=O) groups is 2. The van der Waals surface area contributed by atoms with Crippen LogP contribution >= 0.6 is 0 Å². The fourth-order valence-electron chi connectivity index (χ4n) is 2.37. The maximum Gasteiger partial charge on any atom is 0.359 e. The summed E-state index contributed by atoms with van der Waals surface area (Å²) in [6, 6.07) is 6.62. The summed E-state index contributed by atoms with van der Waals surface area (Å²) < 4.78 is 5.09. The molecule has 0 aliphatic rings. The van der Waals surface area contributed by atoms with Crippen LogP contribution in [0.5, 0.6) is 0 Å². The maximum atomic E-state index is 12.2. The number of H-pyrrole nitrogens is 1. The summed E-state index contributed by atoms with van der Waals surface area (Å²) in [7, 11) is 0. The molecule has 0 bridgehead atoms. The van der Waals surface area contributed by atoms with Crippen LogP contribution in [0.3, 0.4) is 0 Å². The van der Waals surface area contributed by atoms with E-state index in [0.29, 0.717) is 23.9 Å². The van der Waals surface area contributed by atoms with Crippen LogP contribution in [0, 0.1) is 0 Å². The Hall–Kier alpha value is -2.70. The standard InChI is InChI=1S/C17H21N3O4/c1-3-5-10-20(4-2)14(21)11-24-17(23)15-12-8-6-7-9-13(12)16(22)19-18-15/h6-9H,3-5,10-11H2,1-2H3,(H,19,22). The highest BCUT2D eigenvalue weighted by Crippen LogP contribution is 2.13. The van der Waals surface area contributed by atoms with Crippen molar-refractivity contribution in [3.8, 4) is 0 Å². The van der Waals surface area contributed by atoms with Crippen molar-refractivity contribution >= 4 is 22.6 Å². The number of fused-ring (bicyclic) bond motifs is 1. The van der Waals surface area contributed by atoms with Gasteiger partial charge < -0.3 is 9.64 Å². The minimum Gasteiger partial charge on any atom is -0.451 e. The first-order valence-corrected chi connectivity index (χ1v) is 8.00. The van der Waals surface area contributed by atoms with Gasteiger partial charge in [-0.3, -0.25) is 9.59 Å². The molecule has 0 atom stereocenters. The summed E-state index contributed by atoms with van der Waals surface area (Å²) in [6.07, 6.45) is 1.89. The van der Waals surface area contributed by atoms with Crippen LogP contribution in [0.2, 0.25) is 0 Å². The van der Waals surface area contributed by atoms with Crippen LogP contribution in [0.4, 0.5) is 0 Å². The van der Waals surface area contributed by atoms with E-state index in [1.54, 1.807) is 29.2 Å². The zero-order valence-electron chi connectivity index (χ0n) is 13.9. The van der Waals surface area contributed by atoms with Gasteiger partial charge in [-0.05, 0) is 19.4 Å². The third kappa shape index (κ3) is 3.98. The lowest BCUT2D eigenvalue weighted by molar-refractivity contribution is -0.134. The molecule has 2 rings (SSSR count). The number of nitrogens with zero attached hydrogens (tertiary/aromatic N) is 2. The number of carbonyl (C=O) groups excluding carboxylic acids is 2. The van der Waals surface area contributed by atoms with E-state index in [1.807, 2.05) is 13.8 Å². The lowest BCUT2D eigenvalue weighted by atomic mass is 10.1. The van der Waals surface area contributed by atoms with Crippen molar-refractivity contribution in [1.29, 1.82) is 0 Å². The lowest BCUT2D eigenvalue weighted by Crippen LogP contribution is -2.35. The Morgan fingerprint density at radius 2 is 1.92 bits per heavy atom. The van der Waals surface area contributed by atoms with Gasteiger partial charge in [0.1, 0.15) is 0 Å². The van der Waals surface area contributed by atoms with Crippen molar-refractivity contribution in [2.24, 2.45) is 0 Å². The Labute approximate surface area is 139 Å². The monoisotopic (exact) mass is 331 g/mol. The predicted molar refractivity (Wildman–Crippen MR) is 89.8 cm³/mol. The highest BCUT2D eigenvalue weighted by molar-refractivity contribution is 6.02. The van der Waals surface area contributed by atoms with Crippen LogP contribution in [0.25, 0.3) is 10.8 Å². The van der Waals surface area contributed by atoms with Crippen molar-refractivity contribution in [3.63, 3.8) is 0 Å². The van der Waals surface area contributed by atoms with E-state index < -0.39 is 5.97 Å². The first kappa shape index (κ1) is 17.7. The van der Waals surface area contributed by atoms with Crippen LogP contribution in [0.15, 0.2) is 29.1 Å². The summed E-state index contributed by atoms with van der Waals surface area (Å²) >= 11 is 0. The molecule has 1 aromatic carbocycles. The average Bonchev–Trinajstić information content (AvgIpc) is 2.61. The molecule has 1 aromatic heterocycles. The number of aromatic amines is 1. The number of esters is 1. The van der Waals surface area contributed by atoms with Gasteiger partial charge in [-0.1, -0.05) is 31.5 Å². The minimum absolute atomic E-state index is 0.00499. The normalized spacial score (nSPS) is 10.6. The van der Waals surface area contributed by atoms with Gasteiger partial charge in [0.05, 0.1) is 5.39 Å². The molecule has 2 aromatic rings. The lowest BCUT2D eigenvalue weighted by Gasteiger charge is -2.20.